The highest BCUT2D eigenvalue weighted by Crippen LogP contribution is 2.13. The molecule has 0 nitrogen and oxygen atoms in total. The van der Waals surface area contributed by atoms with Gasteiger partial charge in [0.15, 0.2) is 0 Å². The molecule has 1 aromatic rings. The Balaban J connectivity index is 2.04. The first-order valence-corrected chi connectivity index (χ1v) is 5.02. The van der Waals surface area contributed by atoms with Crippen LogP contribution in [0.2, 0.25) is 0 Å². The molecule has 1 aliphatic rings. The quantitative estimate of drug-likeness (QED) is 0.607. The van der Waals surface area contributed by atoms with Crippen LogP contribution in [0, 0.1) is 0 Å². The third-order valence-corrected chi connectivity index (χ3v) is 2.33. The van der Waals surface area contributed by atoms with Gasteiger partial charge in [0, 0.05) is 0 Å². The van der Waals surface area contributed by atoms with E-state index < -0.39 is 0 Å². The molecule has 0 fully saturated rings. The van der Waals surface area contributed by atoms with Crippen LogP contribution in [0.15, 0.2) is 60.2 Å². The SMILES string of the molecule is C1=CCC(/C=C/c2ccccc2)=CC1. The highest BCUT2D eigenvalue weighted by Gasteiger charge is 1.93. The Morgan fingerprint density at radius 1 is 0.929 bits per heavy atom. The maximum atomic E-state index is 2.28. The molecule has 0 unspecified atom stereocenters. The van der Waals surface area contributed by atoms with Gasteiger partial charge in [0.2, 0.25) is 0 Å². The van der Waals surface area contributed by atoms with Crippen LogP contribution in [0.4, 0.5) is 0 Å². The van der Waals surface area contributed by atoms with Crippen molar-refractivity contribution in [2.45, 2.75) is 12.8 Å². The molecule has 0 aromatic heterocycles. The predicted octanol–water partition coefficient (Wildman–Crippen LogP) is 3.98. The van der Waals surface area contributed by atoms with E-state index in [4.69, 9.17) is 0 Å². The Morgan fingerprint density at radius 3 is 2.50 bits per heavy atom. The highest BCUT2D eigenvalue weighted by atomic mass is 14.0. The molecule has 0 N–H and O–H groups in total. The highest BCUT2D eigenvalue weighted by molar-refractivity contribution is 5.53. The number of hydrogen-bond donors (Lipinski definition) is 0. The van der Waals surface area contributed by atoms with Crippen LogP contribution in [-0.2, 0) is 0 Å². The van der Waals surface area contributed by atoms with Gasteiger partial charge in [-0.15, -0.1) is 0 Å². The van der Waals surface area contributed by atoms with E-state index in [-0.39, 0.29) is 0 Å². The Kier molecular flexibility index (Phi) is 2.97. The van der Waals surface area contributed by atoms with Crippen molar-refractivity contribution in [1.29, 1.82) is 0 Å². The van der Waals surface area contributed by atoms with Gasteiger partial charge in [-0.3, -0.25) is 0 Å². The molecule has 0 radical (unpaired) electrons. The summed E-state index contributed by atoms with van der Waals surface area (Å²) >= 11 is 0. The topological polar surface area (TPSA) is 0 Å². The van der Waals surface area contributed by atoms with E-state index in [1.54, 1.807) is 0 Å². The van der Waals surface area contributed by atoms with Crippen LogP contribution in [0.25, 0.3) is 6.08 Å². The van der Waals surface area contributed by atoms with Crippen LogP contribution in [0.3, 0.4) is 0 Å². The number of allylic oxidation sites excluding steroid dienone is 5. The molecule has 70 valence electrons. The fraction of sp³-hybridized carbons (Fsp3) is 0.143. The normalized spacial score (nSPS) is 15.9. The second-order valence-electron chi connectivity index (χ2n) is 3.43. The molecule has 2 rings (SSSR count). The number of benzene rings is 1. The summed E-state index contributed by atoms with van der Waals surface area (Å²) in [6.45, 7) is 0. The fourth-order valence-corrected chi connectivity index (χ4v) is 1.52. The van der Waals surface area contributed by atoms with E-state index in [0.29, 0.717) is 0 Å². The molecule has 1 aliphatic carbocycles. The molecular formula is C14H14. The first-order valence-electron chi connectivity index (χ1n) is 5.02. The number of rotatable bonds is 2. The maximum Gasteiger partial charge on any atom is -0.0100 e. The lowest BCUT2D eigenvalue weighted by Gasteiger charge is -2.01. The maximum absolute atomic E-state index is 2.28. The Labute approximate surface area is 85.3 Å². The van der Waals surface area contributed by atoms with Gasteiger partial charge in [-0.25, -0.2) is 0 Å². The van der Waals surface area contributed by atoms with Crippen LogP contribution < -0.4 is 0 Å². The molecule has 0 heteroatoms. The van der Waals surface area contributed by atoms with Crippen molar-refractivity contribution < 1.29 is 0 Å². The van der Waals surface area contributed by atoms with E-state index in [1.165, 1.54) is 11.1 Å². The zero-order chi connectivity index (χ0) is 9.64. The first kappa shape index (κ1) is 9.01. The molecule has 0 atom stereocenters. The van der Waals surface area contributed by atoms with Gasteiger partial charge < -0.3 is 0 Å². The van der Waals surface area contributed by atoms with E-state index in [2.05, 4.69) is 54.6 Å². The lowest BCUT2D eigenvalue weighted by atomic mass is 10.0. The van der Waals surface area contributed by atoms with Crippen LogP contribution in [-0.4, -0.2) is 0 Å². The van der Waals surface area contributed by atoms with Gasteiger partial charge in [-0.05, 0) is 24.0 Å². The standard InChI is InChI=1S/C14H14/c1-3-7-13(8-4-1)11-12-14-9-5-2-6-10-14/h1-5,7-8,10-12H,6,9H2/b12-11+. The smallest absolute Gasteiger partial charge is 0.0100 e. The van der Waals surface area contributed by atoms with Gasteiger partial charge in [0.1, 0.15) is 0 Å². The molecule has 0 aliphatic heterocycles. The minimum atomic E-state index is 1.07. The molecule has 14 heavy (non-hydrogen) atoms. The Bertz CT molecular complexity index is 366. The minimum Gasteiger partial charge on any atom is -0.0844 e. The Morgan fingerprint density at radius 2 is 1.79 bits per heavy atom. The third kappa shape index (κ3) is 2.46. The van der Waals surface area contributed by atoms with Crippen molar-refractivity contribution in [3.63, 3.8) is 0 Å². The van der Waals surface area contributed by atoms with Crippen molar-refractivity contribution in [2.75, 3.05) is 0 Å². The molecule has 0 bridgehead atoms. The van der Waals surface area contributed by atoms with Crippen molar-refractivity contribution in [1.82, 2.24) is 0 Å². The second-order valence-corrected chi connectivity index (χ2v) is 3.43. The van der Waals surface area contributed by atoms with E-state index in [1.807, 2.05) is 6.07 Å². The van der Waals surface area contributed by atoms with Crippen LogP contribution in [0.5, 0.6) is 0 Å². The molecule has 0 saturated heterocycles. The van der Waals surface area contributed by atoms with E-state index in [0.717, 1.165) is 12.8 Å². The van der Waals surface area contributed by atoms with E-state index >= 15 is 0 Å². The van der Waals surface area contributed by atoms with Crippen LogP contribution >= 0.6 is 0 Å². The summed E-state index contributed by atoms with van der Waals surface area (Å²) in [5, 5.41) is 0. The van der Waals surface area contributed by atoms with Gasteiger partial charge in [0.25, 0.3) is 0 Å². The summed E-state index contributed by atoms with van der Waals surface area (Å²) in [5.74, 6) is 0. The molecular weight excluding hydrogens is 168 g/mol. The van der Waals surface area contributed by atoms with Crippen molar-refractivity contribution >= 4 is 6.08 Å². The third-order valence-electron chi connectivity index (χ3n) is 2.33. The van der Waals surface area contributed by atoms with Crippen LogP contribution in [0.1, 0.15) is 18.4 Å². The average molecular weight is 182 g/mol. The van der Waals surface area contributed by atoms with Crippen molar-refractivity contribution in [3.8, 4) is 0 Å². The van der Waals surface area contributed by atoms with Crippen molar-refractivity contribution in [3.05, 3.63) is 65.8 Å². The Hall–Kier alpha value is -1.56. The minimum absolute atomic E-state index is 1.07. The molecule has 0 amide bonds. The zero-order valence-electron chi connectivity index (χ0n) is 8.19. The summed E-state index contributed by atoms with van der Waals surface area (Å²) in [4.78, 5) is 0. The summed E-state index contributed by atoms with van der Waals surface area (Å²) in [6.07, 6.45) is 13.2. The number of hydrogen-bond acceptors (Lipinski definition) is 0. The summed E-state index contributed by atoms with van der Waals surface area (Å²) in [7, 11) is 0. The van der Waals surface area contributed by atoms with Gasteiger partial charge in [-0.1, -0.05) is 60.7 Å². The molecule has 0 heterocycles. The summed E-state index contributed by atoms with van der Waals surface area (Å²) < 4.78 is 0. The second kappa shape index (κ2) is 4.61. The fourth-order valence-electron chi connectivity index (χ4n) is 1.52. The monoisotopic (exact) mass is 182 g/mol. The lowest BCUT2D eigenvalue weighted by molar-refractivity contribution is 1.17. The van der Waals surface area contributed by atoms with E-state index in [9.17, 15) is 0 Å². The largest absolute Gasteiger partial charge is 0.0844 e. The van der Waals surface area contributed by atoms with Gasteiger partial charge >= 0.3 is 0 Å². The summed E-state index contributed by atoms with van der Waals surface area (Å²) in [5.41, 5.74) is 2.68. The lowest BCUT2D eigenvalue weighted by Crippen LogP contribution is -1.81. The zero-order valence-corrected chi connectivity index (χ0v) is 8.19. The molecule has 0 spiro atoms. The van der Waals surface area contributed by atoms with Gasteiger partial charge in [-0.2, -0.15) is 0 Å². The predicted molar refractivity (Wildman–Crippen MR) is 61.9 cm³/mol. The van der Waals surface area contributed by atoms with Crippen molar-refractivity contribution in [2.24, 2.45) is 0 Å². The average Bonchev–Trinajstić information content (AvgIpc) is 2.29. The van der Waals surface area contributed by atoms with Gasteiger partial charge in [0.05, 0.1) is 0 Å². The molecule has 0 saturated carbocycles. The molecule has 1 aromatic carbocycles. The summed E-state index contributed by atoms with van der Waals surface area (Å²) in [6, 6.07) is 10.4. The first-order chi connectivity index (χ1) is 6.95.